The number of carbonyl (C=O) groups excluding carboxylic acids is 1. The fraction of sp³-hybridized carbons (Fsp3) is 0.188. The summed E-state index contributed by atoms with van der Waals surface area (Å²) in [6.45, 7) is 3.51. The van der Waals surface area contributed by atoms with Crippen molar-refractivity contribution in [2.24, 2.45) is 0 Å². The van der Waals surface area contributed by atoms with Crippen LogP contribution >= 0.6 is 0 Å². The molecule has 0 fully saturated rings. The summed E-state index contributed by atoms with van der Waals surface area (Å²) in [6, 6.07) is 15.7. The second kappa shape index (κ2) is 4.76. The Kier molecular flexibility index (Phi) is 2.95. The molecule has 2 aromatic rings. The molecule has 2 aromatic carbocycles. The van der Waals surface area contributed by atoms with Crippen LogP contribution in [0.1, 0.15) is 15.9 Å². The van der Waals surface area contributed by atoms with Gasteiger partial charge in [0.2, 0.25) is 0 Å². The number of nitrogens with one attached hydrogen (secondary N) is 1. The molecular formula is C16H16N2O. The van der Waals surface area contributed by atoms with Gasteiger partial charge in [0, 0.05) is 18.7 Å². The van der Waals surface area contributed by atoms with Crippen LogP contribution in [0.3, 0.4) is 0 Å². The van der Waals surface area contributed by atoms with Crippen LogP contribution in [0.25, 0.3) is 0 Å². The Morgan fingerprint density at radius 1 is 1.11 bits per heavy atom. The second-order valence-corrected chi connectivity index (χ2v) is 4.77. The SMILES string of the molecule is Cc1ccc(C(=O)N2CCNc3ccccc32)cc1. The van der Waals surface area contributed by atoms with E-state index in [-0.39, 0.29) is 5.91 Å². The Morgan fingerprint density at radius 3 is 2.63 bits per heavy atom. The molecule has 0 saturated carbocycles. The van der Waals surface area contributed by atoms with Gasteiger partial charge >= 0.3 is 0 Å². The number of hydrogen-bond donors (Lipinski definition) is 1. The van der Waals surface area contributed by atoms with Gasteiger partial charge in [-0.1, -0.05) is 29.8 Å². The van der Waals surface area contributed by atoms with Gasteiger partial charge in [0.1, 0.15) is 0 Å². The molecular weight excluding hydrogens is 236 g/mol. The number of hydrogen-bond acceptors (Lipinski definition) is 2. The lowest BCUT2D eigenvalue weighted by Crippen LogP contribution is -2.38. The van der Waals surface area contributed by atoms with E-state index in [1.54, 1.807) is 0 Å². The van der Waals surface area contributed by atoms with E-state index in [9.17, 15) is 4.79 Å². The van der Waals surface area contributed by atoms with Crippen LogP contribution in [0, 0.1) is 6.92 Å². The Morgan fingerprint density at radius 2 is 1.84 bits per heavy atom. The van der Waals surface area contributed by atoms with Gasteiger partial charge in [-0.25, -0.2) is 0 Å². The third-order valence-corrected chi connectivity index (χ3v) is 3.39. The molecule has 1 aliphatic rings. The molecule has 1 aliphatic heterocycles. The molecule has 1 amide bonds. The summed E-state index contributed by atoms with van der Waals surface area (Å²) in [5, 5.41) is 3.31. The molecule has 3 heteroatoms. The maximum atomic E-state index is 12.6. The highest BCUT2D eigenvalue weighted by molar-refractivity contribution is 6.08. The number of aryl methyl sites for hydroxylation is 1. The van der Waals surface area contributed by atoms with Crippen molar-refractivity contribution < 1.29 is 4.79 Å². The van der Waals surface area contributed by atoms with Crippen LogP contribution in [-0.4, -0.2) is 19.0 Å². The van der Waals surface area contributed by atoms with E-state index in [4.69, 9.17) is 0 Å². The summed E-state index contributed by atoms with van der Waals surface area (Å²) in [6.07, 6.45) is 0. The van der Waals surface area contributed by atoms with E-state index >= 15 is 0 Å². The van der Waals surface area contributed by atoms with Crippen LogP contribution < -0.4 is 10.2 Å². The fourth-order valence-corrected chi connectivity index (χ4v) is 2.34. The molecule has 1 N–H and O–H groups in total. The van der Waals surface area contributed by atoms with E-state index in [1.807, 2.05) is 60.4 Å². The van der Waals surface area contributed by atoms with Crippen LogP contribution in [-0.2, 0) is 0 Å². The molecule has 0 unspecified atom stereocenters. The number of amides is 1. The first kappa shape index (κ1) is 11.8. The number of benzene rings is 2. The molecule has 19 heavy (non-hydrogen) atoms. The van der Waals surface area contributed by atoms with Crippen LogP contribution in [0.15, 0.2) is 48.5 Å². The zero-order chi connectivity index (χ0) is 13.2. The van der Waals surface area contributed by atoms with Crippen molar-refractivity contribution in [3.63, 3.8) is 0 Å². The lowest BCUT2D eigenvalue weighted by atomic mass is 10.1. The summed E-state index contributed by atoms with van der Waals surface area (Å²) >= 11 is 0. The topological polar surface area (TPSA) is 32.3 Å². The first-order chi connectivity index (χ1) is 9.25. The first-order valence-electron chi connectivity index (χ1n) is 6.47. The van der Waals surface area contributed by atoms with Crippen molar-refractivity contribution in [3.8, 4) is 0 Å². The van der Waals surface area contributed by atoms with Gasteiger partial charge in [-0.05, 0) is 31.2 Å². The average Bonchev–Trinajstić information content (AvgIpc) is 2.47. The van der Waals surface area contributed by atoms with Gasteiger partial charge in [-0.15, -0.1) is 0 Å². The largest absolute Gasteiger partial charge is 0.382 e. The number of rotatable bonds is 1. The molecule has 0 aromatic heterocycles. The molecule has 0 spiro atoms. The minimum Gasteiger partial charge on any atom is -0.382 e. The van der Waals surface area contributed by atoms with E-state index in [1.165, 1.54) is 0 Å². The van der Waals surface area contributed by atoms with Gasteiger partial charge < -0.3 is 10.2 Å². The standard InChI is InChI=1S/C16H16N2O/c1-12-6-8-13(9-7-12)16(19)18-11-10-17-14-4-2-3-5-15(14)18/h2-9,17H,10-11H2,1H3. The van der Waals surface area contributed by atoms with Gasteiger partial charge in [-0.3, -0.25) is 4.79 Å². The average molecular weight is 252 g/mol. The van der Waals surface area contributed by atoms with E-state index in [0.29, 0.717) is 6.54 Å². The Bertz CT molecular complexity index is 604. The lowest BCUT2D eigenvalue weighted by Gasteiger charge is -2.30. The summed E-state index contributed by atoms with van der Waals surface area (Å²) in [7, 11) is 0. The van der Waals surface area contributed by atoms with Crippen molar-refractivity contribution in [2.45, 2.75) is 6.92 Å². The molecule has 0 saturated heterocycles. The molecule has 0 aliphatic carbocycles. The third-order valence-electron chi connectivity index (χ3n) is 3.39. The van der Waals surface area contributed by atoms with E-state index in [2.05, 4.69) is 5.32 Å². The Hall–Kier alpha value is -2.29. The third kappa shape index (κ3) is 2.19. The molecule has 3 rings (SSSR count). The zero-order valence-corrected chi connectivity index (χ0v) is 10.9. The van der Waals surface area contributed by atoms with Crippen molar-refractivity contribution in [1.82, 2.24) is 0 Å². The number of fused-ring (bicyclic) bond motifs is 1. The first-order valence-corrected chi connectivity index (χ1v) is 6.47. The van der Waals surface area contributed by atoms with Gasteiger partial charge in [0.15, 0.2) is 0 Å². The molecule has 0 atom stereocenters. The van der Waals surface area contributed by atoms with Crippen molar-refractivity contribution in [1.29, 1.82) is 0 Å². The Labute approximate surface area is 112 Å². The maximum Gasteiger partial charge on any atom is 0.258 e. The highest BCUT2D eigenvalue weighted by Gasteiger charge is 2.22. The van der Waals surface area contributed by atoms with E-state index in [0.717, 1.165) is 29.0 Å². The van der Waals surface area contributed by atoms with Crippen LogP contribution in [0.2, 0.25) is 0 Å². The van der Waals surface area contributed by atoms with Gasteiger partial charge in [0.05, 0.1) is 11.4 Å². The van der Waals surface area contributed by atoms with Crippen molar-refractivity contribution in [2.75, 3.05) is 23.3 Å². The molecule has 1 heterocycles. The Balaban J connectivity index is 1.95. The fourth-order valence-electron chi connectivity index (χ4n) is 2.34. The zero-order valence-electron chi connectivity index (χ0n) is 10.9. The summed E-state index contributed by atoms with van der Waals surface area (Å²) < 4.78 is 0. The number of anilines is 2. The number of carbonyl (C=O) groups is 1. The lowest BCUT2D eigenvalue weighted by molar-refractivity contribution is 0.0987. The van der Waals surface area contributed by atoms with Gasteiger partial charge in [-0.2, -0.15) is 0 Å². The van der Waals surface area contributed by atoms with Gasteiger partial charge in [0.25, 0.3) is 5.91 Å². The highest BCUT2D eigenvalue weighted by Crippen LogP contribution is 2.29. The van der Waals surface area contributed by atoms with Crippen LogP contribution in [0.4, 0.5) is 11.4 Å². The second-order valence-electron chi connectivity index (χ2n) is 4.77. The molecule has 0 radical (unpaired) electrons. The summed E-state index contributed by atoms with van der Waals surface area (Å²) in [4.78, 5) is 14.4. The minimum absolute atomic E-state index is 0.0638. The van der Waals surface area contributed by atoms with E-state index < -0.39 is 0 Å². The monoisotopic (exact) mass is 252 g/mol. The number of nitrogens with zero attached hydrogens (tertiary/aromatic N) is 1. The quantitative estimate of drug-likeness (QED) is 0.846. The predicted molar refractivity (Wildman–Crippen MR) is 77.8 cm³/mol. The normalized spacial score (nSPS) is 13.6. The summed E-state index contributed by atoms with van der Waals surface area (Å²) in [5.74, 6) is 0.0638. The molecule has 3 nitrogen and oxygen atoms in total. The van der Waals surface area contributed by atoms with Crippen molar-refractivity contribution in [3.05, 3.63) is 59.7 Å². The molecule has 0 bridgehead atoms. The maximum absolute atomic E-state index is 12.6. The molecule has 96 valence electrons. The minimum atomic E-state index is 0.0638. The van der Waals surface area contributed by atoms with Crippen LogP contribution in [0.5, 0.6) is 0 Å². The highest BCUT2D eigenvalue weighted by atomic mass is 16.2. The van der Waals surface area contributed by atoms with Crippen molar-refractivity contribution >= 4 is 17.3 Å². The number of para-hydroxylation sites is 2. The predicted octanol–water partition coefficient (Wildman–Crippen LogP) is 3.07. The smallest absolute Gasteiger partial charge is 0.258 e. The summed E-state index contributed by atoms with van der Waals surface area (Å²) in [5.41, 5.74) is 3.88.